The number of benzene rings is 1. The minimum absolute atomic E-state index is 0.113. The predicted octanol–water partition coefficient (Wildman–Crippen LogP) is 3.15. The minimum atomic E-state index is -0.272. The largest absolute Gasteiger partial charge is 0.351 e. The molecule has 1 aliphatic carbocycles. The molecule has 1 amide bonds. The summed E-state index contributed by atoms with van der Waals surface area (Å²) in [5.74, 6) is -0.385. The van der Waals surface area contributed by atoms with E-state index in [9.17, 15) is 9.18 Å². The third kappa shape index (κ3) is 2.69. The van der Waals surface area contributed by atoms with Gasteiger partial charge in [-0.3, -0.25) is 4.79 Å². The number of hydrogen-bond acceptors (Lipinski definition) is 2. The van der Waals surface area contributed by atoms with Gasteiger partial charge in [0.1, 0.15) is 5.82 Å². The Bertz CT molecular complexity index is 452. The first-order chi connectivity index (χ1) is 8.56. The van der Waals surface area contributed by atoms with Crippen molar-refractivity contribution in [1.82, 2.24) is 5.32 Å². The van der Waals surface area contributed by atoms with Gasteiger partial charge < -0.3 is 5.32 Å². The summed E-state index contributed by atoms with van der Waals surface area (Å²) in [6.45, 7) is 2.37. The monoisotopic (exact) mass is 267 g/mol. The van der Waals surface area contributed by atoms with E-state index >= 15 is 0 Å². The number of amides is 1. The summed E-state index contributed by atoms with van der Waals surface area (Å²) in [5.41, 5.74) is 1.04. The van der Waals surface area contributed by atoms with Crippen LogP contribution in [-0.4, -0.2) is 23.5 Å². The van der Waals surface area contributed by atoms with E-state index in [-0.39, 0.29) is 16.5 Å². The maximum atomic E-state index is 13.1. The Hall–Kier alpha value is -1.03. The van der Waals surface area contributed by atoms with Crippen LogP contribution in [0.3, 0.4) is 0 Å². The number of rotatable bonds is 4. The summed E-state index contributed by atoms with van der Waals surface area (Å²) >= 11 is 1.83. The van der Waals surface area contributed by atoms with Crippen LogP contribution in [0.1, 0.15) is 35.2 Å². The van der Waals surface area contributed by atoms with E-state index in [1.165, 1.54) is 18.6 Å². The Balaban J connectivity index is 1.97. The number of nitrogens with one attached hydrogen (secondary N) is 1. The third-order valence-electron chi connectivity index (χ3n) is 3.69. The fraction of sp³-hybridized carbons (Fsp3) is 0.500. The molecule has 1 N–H and O–H groups in total. The second-order valence-corrected chi connectivity index (χ2v) is 6.16. The quantitative estimate of drug-likeness (QED) is 0.908. The summed E-state index contributed by atoms with van der Waals surface area (Å²) in [6, 6.07) is 4.47. The molecule has 0 atom stereocenters. The number of carbonyl (C=O) groups excluding carboxylic acids is 1. The Morgan fingerprint density at radius 2 is 2.22 bits per heavy atom. The highest BCUT2D eigenvalue weighted by atomic mass is 32.2. The van der Waals surface area contributed by atoms with Gasteiger partial charge >= 0.3 is 0 Å². The maximum absolute atomic E-state index is 13.1. The summed E-state index contributed by atoms with van der Waals surface area (Å²) in [7, 11) is 0. The lowest BCUT2D eigenvalue weighted by atomic mass is 9.84. The highest BCUT2D eigenvalue weighted by Gasteiger charge is 2.36. The van der Waals surface area contributed by atoms with Gasteiger partial charge in [-0.25, -0.2) is 4.39 Å². The van der Waals surface area contributed by atoms with Crippen LogP contribution >= 0.6 is 11.8 Å². The fourth-order valence-electron chi connectivity index (χ4n) is 2.15. The van der Waals surface area contributed by atoms with Crippen molar-refractivity contribution >= 4 is 17.7 Å². The van der Waals surface area contributed by atoms with Gasteiger partial charge in [-0.15, -0.1) is 0 Å². The first kappa shape index (κ1) is 13.4. The van der Waals surface area contributed by atoms with Crippen LogP contribution in [0.4, 0.5) is 4.39 Å². The van der Waals surface area contributed by atoms with Crippen molar-refractivity contribution < 1.29 is 9.18 Å². The topological polar surface area (TPSA) is 29.1 Å². The van der Waals surface area contributed by atoms with Crippen LogP contribution in [0, 0.1) is 12.7 Å². The van der Waals surface area contributed by atoms with Crippen LogP contribution in [-0.2, 0) is 0 Å². The Morgan fingerprint density at radius 1 is 1.50 bits per heavy atom. The van der Waals surface area contributed by atoms with E-state index in [1.54, 1.807) is 13.0 Å². The zero-order chi connectivity index (χ0) is 13.2. The Labute approximate surface area is 111 Å². The van der Waals surface area contributed by atoms with E-state index in [4.69, 9.17) is 0 Å². The molecule has 1 aromatic rings. The molecule has 2 nitrogen and oxygen atoms in total. The molecule has 4 heteroatoms. The fourth-order valence-corrected chi connectivity index (χ4v) is 3.07. The summed E-state index contributed by atoms with van der Waals surface area (Å²) in [5, 5.41) is 2.96. The van der Waals surface area contributed by atoms with Gasteiger partial charge in [0.2, 0.25) is 0 Å². The molecular weight excluding hydrogens is 249 g/mol. The molecule has 1 aliphatic rings. The van der Waals surface area contributed by atoms with Gasteiger partial charge in [0.15, 0.2) is 0 Å². The smallest absolute Gasteiger partial charge is 0.251 e. The standard InChI is InChI=1S/C14H18FNOS/c1-10-8-11(4-5-12(10)15)13(17)16-9-14(18-2)6-3-7-14/h4-5,8H,3,6-7,9H2,1-2H3,(H,16,17). The highest BCUT2D eigenvalue weighted by Crippen LogP contribution is 2.42. The van der Waals surface area contributed by atoms with E-state index in [2.05, 4.69) is 11.6 Å². The zero-order valence-corrected chi connectivity index (χ0v) is 11.6. The number of carbonyl (C=O) groups is 1. The molecule has 1 aromatic carbocycles. The molecule has 0 unspecified atom stereocenters. The maximum Gasteiger partial charge on any atom is 0.251 e. The van der Waals surface area contributed by atoms with Gasteiger partial charge in [-0.1, -0.05) is 6.42 Å². The second kappa shape index (κ2) is 5.31. The lowest BCUT2D eigenvalue weighted by Gasteiger charge is -2.40. The molecular formula is C14H18FNOS. The van der Waals surface area contributed by atoms with Gasteiger partial charge in [0.05, 0.1) is 0 Å². The van der Waals surface area contributed by atoms with Gasteiger partial charge in [-0.05, 0) is 49.8 Å². The summed E-state index contributed by atoms with van der Waals surface area (Å²) in [6.07, 6.45) is 5.66. The average Bonchev–Trinajstić information content (AvgIpc) is 2.31. The van der Waals surface area contributed by atoms with Crippen molar-refractivity contribution in [3.63, 3.8) is 0 Å². The van der Waals surface area contributed by atoms with Crippen LogP contribution in [0.15, 0.2) is 18.2 Å². The number of aryl methyl sites for hydroxylation is 1. The van der Waals surface area contributed by atoms with Gasteiger partial charge in [-0.2, -0.15) is 11.8 Å². The van der Waals surface area contributed by atoms with E-state index in [0.29, 0.717) is 17.7 Å². The molecule has 1 fully saturated rings. The molecule has 0 radical (unpaired) electrons. The van der Waals surface area contributed by atoms with Crippen molar-refractivity contribution in [1.29, 1.82) is 0 Å². The van der Waals surface area contributed by atoms with E-state index in [1.807, 2.05) is 11.8 Å². The molecule has 2 rings (SSSR count). The van der Waals surface area contributed by atoms with Crippen molar-refractivity contribution in [2.75, 3.05) is 12.8 Å². The predicted molar refractivity (Wildman–Crippen MR) is 73.6 cm³/mol. The SMILES string of the molecule is CSC1(CNC(=O)c2ccc(F)c(C)c2)CCC1. The zero-order valence-electron chi connectivity index (χ0n) is 10.8. The van der Waals surface area contributed by atoms with Crippen molar-refractivity contribution in [2.45, 2.75) is 30.9 Å². The molecule has 0 spiro atoms. The molecule has 0 bridgehead atoms. The molecule has 18 heavy (non-hydrogen) atoms. The lowest BCUT2D eigenvalue weighted by Crippen LogP contribution is -2.45. The van der Waals surface area contributed by atoms with Crippen LogP contribution in [0.5, 0.6) is 0 Å². The molecule has 0 aromatic heterocycles. The summed E-state index contributed by atoms with van der Waals surface area (Å²) in [4.78, 5) is 12.0. The minimum Gasteiger partial charge on any atom is -0.351 e. The molecule has 0 aliphatic heterocycles. The summed E-state index contributed by atoms with van der Waals surface area (Å²) < 4.78 is 13.3. The van der Waals surface area contributed by atoms with Gasteiger partial charge in [0.25, 0.3) is 5.91 Å². The van der Waals surface area contributed by atoms with Crippen molar-refractivity contribution in [3.05, 3.63) is 35.1 Å². The van der Waals surface area contributed by atoms with Crippen LogP contribution in [0.25, 0.3) is 0 Å². The molecule has 0 saturated heterocycles. The Morgan fingerprint density at radius 3 is 2.72 bits per heavy atom. The third-order valence-corrected chi connectivity index (χ3v) is 5.11. The molecule has 1 saturated carbocycles. The Kier molecular flexibility index (Phi) is 3.95. The van der Waals surface area contributed by atoms with E-state index < -0.39 is 0 Å². The lowest BCUT2D eigenvalue weighted by molar-refractivity contribution is 0.0944. The van der Waals surface area contributed by atoms with Crippen LogP contribution < -0.4 is 5.32 Å². The molecule has 0 heterocycles. The first-order valence-corrected chi connectivity index (χ1v) is 7.38. The number of hydrogen-bond donors (Lipinski definition) is 1. The van der Waals surface area contributed by atoms with Crippen LogP contribution in [0.2, 0.25) is 0 Å². The van der Waals surface area contributed by atoms with Gasteiger partial charge in [0, 0.05) is 16.9 Å². The van der Waals surface area contributed by atoms with Crippen molar-refractivity contribution in [2.24, 2.45) is 0 Å². The first-order valence-electron chi connectivity index (χ1n) is 6.16. The van der Waals surface area contributed by atoms with E-state index in [0.717, 1.165) is 12.8 Å². The number of thioether (sulfide) groups is 1. The number of halogens is 1. The average molecular weight is 267 g/mol. The normalized spacial score (nSPS) is 17.1. The second-order valence-electron chi connectivity index (χ2n) is 4.89. The highest BCUT2D eigenvalue weighted by molar-refractivity contribution is 8.00. The van der Waals surface area contributed by atoms with Crippen molar-refractivity contribution in [3.8, 4) is 0 Å². The molecule has 98 valence electrons.